The van der Waals surface area contributed by atoms with Crippen molar-refractivity contribution in [3.8, 4) is 0 Å². The number of rotatable bonds is 2. The molecule has 0 spiro atoms. The summed E-state index contributed by atoms with van der Waals surface area (Å²) in [6, 6.07) is 11.9. The summed E-state index contributed by atoms with van der Waals surface area (Å²) < 4.78 is 0. The molecule has 1 aromatic carbocycles. The van der Waals surface area contributed by atoms with Crippen LogP contribution in [0.4, 0.5) is 17.2 Å². The lowest BCUT2D eigenvalue weighted by atomic mass is 10.2. The zero-order chi connectivity index (χ0) is 13.9. The lowest BCUT2D eigenvalue weighted by Crippen LogP contribution is -2.46. The first kappa shape index (κ1) is 13.1. The highest BCUT2D eigenvalue weighted by atomic mass is 35.5. The highest BCUT2D eigenvalue weighted by Gasteiger charge is 2.18. The monoisotopic (exact) mass is 288 g/mol. The van der Waals surface area contributed by atoms with E-state index in [0.717, 1.165) is 37.0 Å². The molecule has 20 heavy (non-hydrogen) atoms. The Morgan fingerprint density at radius 2 is 1.55 bits per heavy atom. The van der Waals surface area contributed by atoms with Crippen LogP contribution in [0.2, 0.25) is 5.02 Å². The quantitative estimate of drug-likeness (QED) is 0.923. The summed E-state index contributed by atoms with van der Waals surface area (Å²) in [5.74, 6) is 0.995. The molecule has 0 bridgehead atoms. The summed E-state index contributed by atoms with van der Waals surface area (Å²) in [5.41, 5.74) is 7.59. The van der Waals surface area contributed by atoms with Crippen molar-refractivity contribution >= 4 is 28.8 Å². The van der Waals surface area contributed by atoms with E-state index >= 15 is 0 Å². The highest BCUT2D eigenvalue weighted by Crippen LogP contribution is 2.21. The highest BCUT2D eigenvalue weighted by molar-refractivity contribution is 6.30. The van der Waals surface area contributed by atoms with Crippen molar-refractivity contribution in [2.24, 2.45) is 0 Å². The van der Waals surface area contributed by atoms with Crippen LogP contribution >= 0.6 is 11.6 Å². The molecule has 104 valence electrons. The average Bonchev–Trinajstić information content (AvgIpc) is 2.49. The van der Waals surface area contributed by atoms with Gasteiger partial charge in [0.2, 0.25) is 0 Å². The van der Waals surface area contributed by atoms with Crippen LogP contribution in [0.15, 0.2) is 42.6 Å². The molecule has 1 fully saturated rings. The molecule has 4 nitrogen and oxygen atoms in total. The molecule has 5 heteroatoms. The van der Waals surface area contributed by atoms with Gasteiger partial charge in [0.15, 0.2) is 0 Å². The number of anilines is 3. The summed E-state index contributed by atoms with van der Waals surface area (Å²) in [5, 5.41) is 0.776. The minimum atomic E-state index is 0.702. The maximum Gasteiger partial charge on any atom is 0.128 e. The van der Waals surface area contributed by atoms with Crippen molar-refractivity contribution in [3.63, 3.8) is 0 Å². The Bertz CT molecular complexity index is 506. The van der Waals surface area contributed by atoms with Gasteiger partial charge in [-0.15, -0.1) is 0 Å². The lowest BCUT2D eigenvalue weighted by molar-refractivity contribution is 0.647. The zero-order valence-corrected chi connectivity index (χ0v) is 11.9. The van der Waals surface area contributed by atoms with Gasteiger partial charge in [0.25, 0.3) is 0 Å². The molecule has 1 aliphatic heterocycles. The third-order valence-corrected chi connectivity index (χ3v) is 3.82. The van der Waals surface area contributed by atoms with Gasteiger partial charge >= 0.3 is 0 Å². The molecule has 1 aromatic heterocycles. The Kier molecular flexibility index (Phi) is 3.65. The fraction of sp³-hybridized carbons (Fsp3) is 0.267. The molecule has 0 amide bonds. The van der Waals surface area contributed by atoms with E-state index in [1.807, 2.05) is 24.3 Å². The van der Waals surface area contributed by atoms with E-state index in [1.54, 1.807) is 6.20 Å². The molecule has 1 aliphatic rings. The second kappa shape index (κ2) is 5.59. The number of piperazine rings is 1. The fourth-order valence-corrected chi connectivity index (χ4v) is 2.56. The maximum atomic E-state index is 5.92. The number of nitrogens with two attached hydrogens (primary N) is 1. The molecule has 3 rings (SSSR count). The zero-order valence-electron chi connectivity index (χ0n) is 11.2. The van der Waals surface area contributed by atoms with E-state index in [4.69, 9.17) is 17.3 Å². The van der Waals surface area contributed by atoms with E-state index in [2.05, 4.69) is 26.9 Å². The van der Waals surface area contributed by atoms with Crippen LogP contribution in [0, 0.1) is 0 Å². The number of hydrogen-bond acceptors (Lipinski definition) is 4. The van der Waals surface area contributed by atoms with Crippen LogP contribution in [0.25, 0.3) is 0 Å². The normalized spacial score (nSPS) is 15.4. The molecule has 2 heterocycles. The van der Waals surface area contributed by atoms with Crippen LogP contribution in [0.5, 0.6) is 0 Å². The van der Waals surface area contributed by atoms with Gasteiger partial charge < -0.3 is 15.5 Å². The maximum absolute atomic E-state index is 5.92. The molecule has 2 N–H and O–H groups in total. The van der Waals surface area contributed by atoms with Crippen molar-refractivity contribution in [1.29, 1.82) is 0 Å². The smallest absolute Gasteiger partial charge is 0.128 e. The minimum absolute atomic E-state index is 0.702. The van der Waals surface area contributed by atoms with Gasteiger partial charge in [-0.3, -0.25) is 0 Å². The number of hydrogen-bond donors (Lipinski definition) is 1. The Labute approximate surface area is 123 Å². The number of nitrogen functional groups attached to an aromatic ring is 1. The molecule has 0 atom stereocenters. The Balaban J connectivity index is 1.64. The second-order valence-corrected chi connectivity index (χ2v) is 5.34. The predicted octanol–water partition coefficient (Wildman–Crippen LogP) is 2.64. The predicted molar refractivity (Wildman–Crippen MR) is 84.5 cm³/mol. The topological polar surface area (TPSA) is 45.4 Å². The summed E-state index contributed by atoms with van der Waals surface area (Å²) >= 11 is 5.92. The summed E-state index contributed by atoms with van der Waals surface area (Å²) in [4.78, 5) is 9.03. The Morgan fingerprint density at radius 3 is 2.15 bits per heavy atom. The second-order valence-electron chi connectivity index (χ2n) is 4.90. The molecule has 0 radical (unpaired) electrons. The van der Waals surface area contributed by atoms with Gasteiger partial charge in [0.05, 0.1) is 11.9 Å². The van der Waals surface area contributed by atoms with Crippen LogP contribution in [0.1, 0.15) is 0 Å². The van der Waals surface area contributed by atoms with Gasteiger partial charge in [-0.25, -0.2) is 4.98 Å². The van der Waals surface area contributed by atoms with E-state index in [1.165, 1.54) is 5.69 Å². The molecule has 0 saturated carbocycles. The third-order valence-electron chi connectivity index (χ3n) is 3.57. The van der Waals surface area contributed by atoms with Crippen molar-refractivity contribution in [2.75, 3.05) is 41.7 Å². The van der Waals surface area contributed by atoms with Gasteiger partial charge in [-0.2, -0.15) is 0 Å². The first-order valence-corrected chi connectivity index (χ1v) is 7.07. The van der Waals surface area contributed by atoms with Crippen LogP contribution in [0.3, 0.4) is 0 Å². The number of halogens is 1. The Morgan fingerprint density at radius 1 is 0.900 bits per heavy atom. The van der Waals surface area contributed by atoms with E-state index in [9.17, 15) is 0 Å². The number of nitrogens with zero attached hydrogens (tertiary/aromatic N) is 3. The molecular weight excluding hydrogens is 272 g/mol. The first-order chi connectivity index (χ1) is 9.72. The summed E-state index contributed by atoms with van der Waals surface area (Å²) in [6.07, 6.45) is 1.71. The van der Waals surface area contributed by atoms with Gasteiger partial charge in [0, 0.05) is 36.9 Å². The van der Waals surface area contributed by atoms with Crippen LogP contribution in [-0.2, 0) is 0 Å². The molecule has 0 unspecified atom stereocenters. The van der Waals surface area contributed by atoms with E-state index in [-0.39, 0.29) is 0 Å². The number of benzene rings is 1. The van der Waals surface area contributed by atoms with Gasteiger partial charge in [-0.1, -0.05) is 11.6 Å². The van der Waals surface area contributed by atoms with Crippen molar-refractivity contribution in [3.05, 3.63) is 47.6 Å². The minimum Gasteiger partial charge on any atom is -0.397 e. The lowest BCUT2D eigenvalue weighted by Gasteiger charge is -2.36. The third kappa shape index (κ3) is 2.80. The van der Waals surface area contributed by atoms with Crippen molar-refractivity contribution in [1.82, 2.24) is 4.98 Å². The molecule has 1 saturated heterocycles. The fourth-order valence-electron chi connectivity index (χ4n) is 2.43. The molecular formula is C15H17ClN4. The van der Waals surface area contributed by atoms with E-state index in [0.29, 0.717) is 5.69 Å². The van der Waals surface area contributed by atoms with Gasteiger partial charge in [-0.05, 0) is 36.4 Å². The molecule has 0 aliphatic carbocycles. The number of pyridine rings is 1. The Hall–Kier alpha value is -1.94. The van der Waals surface area contributed by atoms with Crippen LogP contribution in [-0.4, -0.2) is 31.2 Å². The number of aromatic nitrogens is 1. The SMILES string of the molecule is Nc1ccc(N2CCN(c3ccc(Cl)cc3)CC2)nc1. The summed E-state index contributed by atoms with van der Waals surface area (Å²) in [6.45, 7) is 3.88. The largest absolute Gasteiger partial charge is 0.397 e. The van der Waals surface area contributed by atoms with Crippen molar-refractivity contribution < 1.29 is 0 Å². The van der Waals surface area contributed by atoms with Crippen molar-refractivity contribution in [2.45, 2.75) is 0 Å². The van der Waals surface area contributed by atoms with E-state index < -0.39 is 0 Å². The average molecular weight is 289 g/mol. The van der Waals surface area contributed by atoms with Gasteiger partial charge in [0.1, 0.15) is 5.82 Å². The summed E-state index contributed by atoms with van der Waals surface area (Å²) in [7, 11) is 0. The van der Waals surface area contributed by atoms with Crippen LogP contribution < -0.4 is 15.5 Å². The molecule has 2 aromatic rings. The standard InChI is InChI=1S/C15H17ClN4/c16-12-1-4-14(5-2-12)19-7-9-20(10-8-19)15-6-3-13(17)11-18-15/h1-6,11H,7-10,17H2. The first-order valence-electron chi connectivity index (χ1n) is 6.69.